The molecule has 0 aliphatic rings. The van der Waals surface area contributed by atoms with Crippen molar-refractivity contribution in [2.45, 2.75) is 12.3 Å². The third-order valence-corrected chi connectivity index (χ3v) is 2.77. The van der Waals surface area contributed by atoms with Gasteiger partial charge in [0.05, 0.1) is 0 Å². The van der Waals surface area contributed by atoms with E-state index in [4.69, 9.17) is 9.11 Å². The average Bonchev–Trinajstić information content (AvgIpc) is 2.09. The molecular weight excluding hydrogens is 250 g/mol. The minimum absolute atomic E-state index is 0.106. The molecule has 0 bridgehead atoms. The maximum atomic E-state index is 10.7. The first-order chi connectivity index (χ1) is 6.81. The maximum absolute atomic E-state index is 10.7. The van der Waals surface area contributed by atoms with E-state index in [1.807, 2.05) is 0 Å². The molecule has 1 amide bonds. The topological polar surface area (TPSA) is 121 Å². The number of hydrogen-bond acceptors (Lipinski definition) is 5. The minimum Gasteiger partial charge on any atom is -0.327 e. The van der Waals surface area contributed by atoms with E-state index in [0.29, 0.717) is 0 Å². The Morgan fingerprint density at radius 1 is 1.60 bits per heavy atom. The fourth-order valence-corrected chi connectivity index (χ4v) is 1.76. The van der Waals surface area contributed by atoms with E-state index in [1.165, 1.54) is 6.92 Å². The monoisotopic (exact) mass is 261 g/mol. The van der Waals surface area contributed by atoms with Crippen molar-refractivity contribution in [1.29, 1.82) is 0 Å². The zero-order valence-corrected chi connectivity index (χ0v) is 9.40. The Morgan fingerprint density at radius 2 is 2.13 bits per heavy atom. The van der Waals surface area contributed by atoms with Gasteiger partial charge in [-0.3, -0.25) is 9.35 Å². The van der Waals surface area contributed by atoms with Gasteiger partial charge in [-0.1, -0.05) is 0 Å². The summed E-state index contributed by atoms with van der Waals surface area (Å²) in [6.07, 6.45) is 0.284. The van der Waals surface area contributed by atoms with Crippen molar-refractivity contribution in [2.75, 3.05) is 13.2 Å². The number of likely N-dealkylation sites (N-methyl/N-ethyl adjacent to an activating group) is 1. The van der Waals surface area contributed by atoms with Crippen LogP contribution in [0, 0.1) is 0 Å². The van der Waals surface area contributed by atoms with E-state index in [2.05, 4.69) is 4.18 Å². The lowest BCUT2D eigenvalue weighted by Gasteiger charge is -2.22. The van der Waals surface area contributed by atoms with E-state index in [0.717, 1.165) is 4.90 Å². The Labute approximate surface area is 89.4 Å². The predicted octanol–water partition coefficient (Wildman–Crippen LogP) is -1.17. The second-order valence-electron chi connectivity index (χ2n) is 2.38. The molecule has 8 nitrogen and oxygen atoms in total. The van der Waals surface area contributed by atoms with Crippen molar-refractivity contribution < 1.29 is 30.7 Å². The Balaban J connectivity index is 4.54. The molecule has 0 aromatic carbocycles. The SMILES string of the molecule is CCN(C=O)C(COS(=O)(=O)O)S(=O)O. The lowest BCUT2D eigenvalue weighted by Crippen LogP contribution is -2.41. The Bertz CT molecular complexity index is 326. The first kappa shape index (κ1) is 14.5. The van der Waals surface area contributed by atoms with Crippen LogP contribution in [0.1, 0.15) is 6.92 Å². The van der Waals surface area contributed by atoms with E-state index in [1.54, 1.807) is 0 Å². The van der Waals surface area contributed by atoms with Gasteiger partial charge >= 0.3 is 10.4 Å². The molecule has 2 atom stereocenters. The highest BCUT2D eigenvalue weighted by atomic mass is 32.3. The second kappa shape index (κ2) is 6.12. The van der Waals surface area contributed by atoms with E-state index in [9.17, 15) is 17.4 Å². The van der Waals surface area contributed by atoms with Gasteiger partial charge in [-0.25, -0.2) is 8.39 Å². The number of rotatable bonds is 7. The fraction of sp³-hybridized carbons (Fsp3) is 0.800. The minimum atomic E-state index is -4.69. The molecule has 0 radical (unpaired) electrons. The van der Waals surface area contributed by atoms with Gasteiger partial charge in [0.2, 0.25) is 6.41 Å². The van der Waals surface area contributed by atoms with E-state index in [-0.39, 0.29) is 13.0 Å². The van der Waals surface area contributed by atoms with Gasteiger partial charge in [-0.2, -0.15) is 8.42 Å². The van der Waals surface area contributed by atoms with Crippen LogP contribution in [-0.2, 0) is 30.5 Å². The van der Waals surface area contributed by atoms with Gasteiger partial charge < -0.3 is 9.45 Å². The highest BCUT2D eigenvalue weighted by molar-refractivity contribution is 7.81. The summed E-state index contributed by atoms with van der Waals surface area (Å²) in [6.45, 7) is 0.853. The molecule has 0 rings (SSSR count). The lowest BCUT2D eigenvalue weighted by molar-refractivity contribution is -0.119. The lowest BCUT2D eigenvalue weighted by atomic mass is 10.5. The standard InChI is InChI=1S/C5H11NO7S2/c1-2-6(4-7)5(14(8)9)3-13-15(10,11)12/h4-5H,2-3H2,1H3,(H,8,9)(H,10,11,12). The molecule has 0 aromatic heterocycles. The molecule has 2 N–H and O–H groups in total. The largest absolute Gasteiger partial charge is 0.397 e. The summed E-state index contributed by atoms with van der Waals surface area (Å²) in [4.78, 5) is 11.3. The molecule has 0 saturated carbocycles. The van der Waals surface area contributed by atoms with Gasteiger partial charge in [0.25, 0.3) is 0 Å². The fourth-order valence-electron chi connectivity index (χ4n) is 0.760. The van der Waals surface area contributed by atoms with Crippen LogP contribution >= 0.6 is 0 Å². The van der Waals surface area contributed by atoms with Crippen molar-refractivity contribution in [1.82, 2.24) is 4.90 Å². The zero-order chi connectivity index (χ0) is 12.1. The number of hydrogen-bond donors (Lipinski definition) is 2. The zero-order valence-electron chi connectivity index (χ0n) is 7.77. The van der Waals surface area contributed by atoms with Crippen molar-refractivity contribution in [3.05, 3.63) is 0 Å². The van der Waals surface area contributed by atoms with E-state index >= 15 is 0 Å². The van der Waals surface area contributed by atoms with Crippen LogP contribution in [0.2, 0.25) is 0 Å². The Morgan fingerprint density at radius 3 is 2.40 bits per heavy atom. The molecule has 0 spiro atoms. The number of carbonyl (C=O) groups is 1. The maximum Gasteiger partial charge on any atom is 0.397 e. The molecule has 0 aliphatic heterocycles. The molecule has 15 heavy (non-hydrogen) atoms. The van der Waals surface area contributed by atoms with Crippen molar-refractivity contribution in [3.8, 4) is 0 Å². The second-order valence-corrected chi connectivity index (χ2v) is 4.57. The Kier molecular flexibility index (Phi) is 5.90. The third-order valence-electron chi connectivity index (χ3n) is 1.46. The van der Waals surface area contributed by atoms with Crippen LogP contribution in [-0.4, -0.2) is 51.6 Å². The summed E-state index contributed by atoms with van der Waals surface area (Å²) >= 11 is -2.47. The summed E-state index contributed by atoms with van der Waals surface area (Å²) in [5.74, 6) is 0. The van der Waals surface area contributed by atoms with Crippen LogP contribution in [0.15, 0.2) is 0 Å². The Hall–Kier alpha value is -0.550. The van der Waals surface area contributed by atoms with Crippen LogP contribution in [0.3, 0.4) is 0 Å². The van der Waals surface area contributed by atoms with Crippen molar-refractivity contribution >= 4 is 27.9 Å². The van der Waals surface area contributed by atoms with Crippen molar-refractivity contribution in [3.63, 3.8) is 0 Å². The highest BCUT2D eigenvalue weighted by Gasteiger charge is 2.24. The first-order valence-corrected chi connectivity index (χ1v) is 6.27. The van der Waals surface area contributed by atoms with Gasteiger partial charge in [0.15, 0.2) is 16.5 Å². The molecule has 0 aliphatic carbocycles. The van der Waals surface area contributed by atoms with Gasteiger partial charge in [0.1, 0.15) is 6.61 Å². The molecular formula is C5H11NO7S2. The predicted molar refractivity (Wildman–Crippen MR) is 50.5 cm³/mol. The van der Waals surface area contributed by atoms with Gasteiger partial charge in [0, 0.05) is 6.54 Å². The molecule has 0 saturated heterocycles. The number of carbonyl (C=O) groups excluding carboxylic acids is 1. The van der Waals surface area contributed by atoms with Gasteiger partial charge in [-0.15, -0.1) is 0 Å². The number of amides is 1. The summed E-state index contributed by atoms with van der Waals surface area (Å²) in [6, 6.07) is 0. The molecule has 90 valence electrons. The third kappa shape index (κ3) is 5.79. The van der Waals surface area contributed by atoms with Crippen molar-refractivity contribution in [2.24, 2.45) is 0 Å². The van der Waals surface area contributed by atoms with Crippen LogP contribution < -0.4 is 0 Å². The molecule has 0 aromatic rings. The average molecular weight is 261 g/mol. The summed E-state index contributed by atoms with van der Waals surface area (Å²) < 4.78 is 52.0. The quantitative estimate of drug-likeness (QED) is 0.336. The summed E-state index contributed by atoms with van der Waals surface area (Å²) in [5, 5.41) is -1.34. The smallest absolute Gasteiger partial charge is 0.327 e. The molecule has 0 fully saturated rings. The van der Waals surface area contributed by atoms with Crippen LogP contribution in [0.5, 0.6) is 0 Å². The molecule has 2 unspecified atom stereocenters. The number of nitrogens with zero attached hydrogens (tertiary/aromatic N) is 1. The molecule has 0 heterocycles. The molecule has 10 heteroatoms. The first-order valence-electron chi connectivity index (χ1n) is 3.74. The van der Waals surface area contributed by atoms with Gasteiger partial charge in [-0.05, 0) is 6.92 Å². The summed E-state index contributed by atoms with van der Waals surface area (Å²) in [7, 11) is -4.69. The highest BCUT2D eigenvalue weighted by Crippen LogP contribution is 2.03. The summed E-state index contributed by atoms with van der Waals surface area (Å²) in [5.41, 5.74) is 0. The van der Waals surface area contributed by atoms with Crippen LogP contribution in [0.4, 0.5) is 0 Å². The van der Waals surface area contributed by atoms with Crippen LogP contribution in [0.25, 0.3) is 0 Å². The van der Waals surface area contributed by atoms with E-state index < -0.39 is 33.5 Å². The normalized spacial score (nSPS) is 15.7.